The average Bonchev–Trinajstić information content (AvgIpc) is 2.32. The first kappa shape index (κ1) is 18.5. The van der Waals surface area contributed by atoms with E-state index in [0.29, 0.717) is 12.1 Å². The molecule has 0 bridgehead atoms. The van der Waals surface area contributed by atoms with E-state index in [9.17, 15) is 43.9 Å². The molecule has 0 amide bonds. The minimum Gasteiger partial charge on any atom is -0.206 e. The predicted octanol–water partition coefficient (Wildman–Crippen LogP) is 4.63. The predicted molar refractivity (Wildman–Crippen MR) is 50.8 cm³/mol. The number of hydrogen-bond donors (Lipinski definition) is 0. The highest BCUT2D eigenvalue weighted by Crippen LogP contribution is 2.48. The first-order valence-electron chi connectivity index (χ1n) is 5.09. The van der Waals surface area contributed by atoms with Crippen molar-refractivity contribution in [2.75, 3.05) is 0 Å². The number of nitrogens with zero attached hydrogens (tertiary/aromatic N) is 2. The summed E-state index contributed by atoms with van der Waals surface area (Å²) in [7, 11) is 0. The third-order valence-electron chi connectivity index (χ3n) is 2.51. The van der Waals surface area contributed by atoms with E-state index < -0.39 is 52.2 Å². The molecule has 0 aliphatic carbocycles. The fourth-order valence-electron chi connectivity index (χ4n) is 1.76. The van der Waals surface area contributed by atoms with Crippen LogP contribution >= 0.6 is 0 Å². The summed E-state index contributed by atoms with van der Waals surface area (Å²) in [6, 6.07) is 0.968. The maximum Gasteiger partial charge on any atom is 0.420 e. The van der Waals surface area contributed by atoms with Gasteiger partial charge in [0.05, 0.1) is 16.7 Å². The van der Waals surface area contributed by atoms with E-state index in [1.807, 2.05) is 0 Å². The molecule has 0 saturated carbocycles. The van der Waals surface area contributed by atoms with Gasteiger partial charge in [-0.3, -0.25) is 0 Å². The summed E-state index contributed by atoms with van der Waals surface area (Å²) in [5.41, 5.74) is -13.6. The highest BCUT2D eigenvalue weighted by molar-refractivity contribution is 5.60. The minimum absolute atomic E-state index is 0.465. The van der Waals surface area contributed by atoms with Crippen molar-refractivity contribution in [1.82, 2.24) is 0 Å². The second-order valence-corrected chi connectivity index (χ2v) is 3.91. The third-order valence-corrected chi connectivity index (χ3v) is 2.51. The second-order valence-electron chi connectivity index (χ2n) is 3.91. The second kappa shape index (κ2) is 5.30. The number of nitriles is 2. The summed E-state index contributed by atoms with van der Waals surface area (Å²) in [6.07, 6.45) is -18.1. The number of alkyl halides is 9. The van der Waals surface area contributed by atoms with Crippen LogP contribution in [0.1, 0.15) is 27.8 Å². The molecule has 0 radical (unpaired) electrons. The zero-order valence-corrected chi connectivity index (χ0v) is 10.2. The van der Waals surface area contributed by atoms with Crippen LogP contribution in [0.25, 0.3) is 0 Å². The van der Waals surface area contributed by atoms with E-state index in [1.54, 1.807) is 0 Å². The molecule has 0 spiro atoms. The first-order chi connectivity index (χ1) is 10.2. The Labute approximate surface area is 120 Å². The van der Waals surface area contributed by atoms with Crippen molar-refractivity contribution < 1.29 is 43.9 Å². The Morgan fingerprint density at radius 2 is 0.870 bits per heavy atom. The van der Waals surface area contributed by atoms with Crippen molar-refractivity contribution in [3.63, 3.8) is 0 Å². The van der Waals surface area contributed by atoms with Crippen LogP contribution in [-0.2, 0) is 18.5 Å². The number of halogens is 10. The quantitative estimate of drug-likeness (QED) is 0.641. The summed E-state index contributed by atoms with van der Waals surface area (Å²) < 4.78 is 128. The summed E-state index contributed by atoms with van der Waals surface area (Å²) in [5, 5.41) is 17.0. The lowest BCUT2D eigenvalue weighted by atomic mass is 9.90. The van der Waals surface area contributed by atoms with E-state index in [2.05, 4.69) is 0 Å². The first-order valence-corrected chi connectivity index (χ1v) is 5.09. The van der Waals surface area contributed by atoms with Gasteiger partial charge in [-0.05, 0) is 0 Å². The fraction of sp³-hybridized carbons (Fsp3) is 0.273. The van der Waals surface area contributed by atoms with Crippen molar-refractivity contribution in [3.8, 4) is 12.1 Å². The molecule has 1 aromatic carbocycles. The molecular formula is C11F10N2. The smallest absolute Gasteiger partial charge is 0.206 e. The molecule has 2 nitrogen and oxygen atoms in total. The Hall–Kier alpha value is -2.50. The molecule has 12 heteroatoms. The molecule has 1 rings (SSSR count). The van der Waals surface area contributed by atoms with Gasteiger partial charge in [-0.2, -0.15) is 50.0 Å². The van der Waals surface area contributed by atoms with Gasteiger partial charge in [-0.1, -0.05) is 0 Å². The largest absolute Gasteiger partial charge is 0.420 e. The Morgan fingerprint density at radius 1 is 0.565 bits per heavy atom. The van der Waals surface area contributed by atoms with E-state index in [0.717, 1.165) is 0 Å². The Balaban J connectivity index is 4.31. The summed E-state index contributed by atoms with van der Waals surface area (Å²) in [5.74, 6) is -3.31. The fourth-order valence-corrected chi connectivity index (χ4v) is 1.76. The normalized spacial score (nSPS) is 12.7. The van der Waals surface area contributed by atoms with Gasteiger partial charge in [0.25, 0.3) is 0 Å². The van der Waals surface area contributed by atoms with Gasteiger partial charge < -0.3 is 0 Å². The topological polar surface area (TPSA) is 47.6 Å². The zero-order chi connectivity index (χ0) is 18.4. The summed E-state index contributed by atoms with van der Waals surface area (Å²) in [6.45, 7) is 0. The monoisotopic (exact) mass is 350 g/mol. The van der Waals surface area contributed by atoms with Gasteiger partial charge in [0.2, 0.25) is 0 Å². The lowest BCUT2D eigenvalue weighted by Crippen LogP contribution is -2.25. The molecule has 0 N–H and O–H groups in total. The highest BCUT2D eigenvalue weighted by Gasteiger charge is 2.52. The van der Waals surface area contributed by atoms with Crippen molar-refractivity contribution in [1.29, 1.82) is 10.5 Å². The highest BCUT2D eigenvalue weighted by atomic mass is 19.4. The molecule has 0 aliphatic heterocycles. The van der Waals surface area contributed by atoms with E-state index in [1.165, 1.54) is 0 Å². The number of rotatable bonds is 0. The molecule has 0 fully saturated rings. The van der Waals surface area contributed by atoms with E-state index >= 15 is 0 Å². The maximum absolute atomic E-state index is 13.6. The number of benzene rings is 1. The average molecular weight is 350 g/mol. The van der Waals surface area contributed by atoms with Crippen molar-refractivity contribution in [2.45, 2.75) is 18.5 Å². The van der Waals surface area contributed by atoms with Gasteiger partial charge >= 0.3 is 18.5 Å². The van der Waals surface area contributed by atoms with Crippen LogP contribution in [-0.4, -0.2) is 0 Å². The summed E-state index contributed by atoms with van der Waals surface area (Å²) >= 11 is 0. The third kappa shape index (κ3) is 3.16. The van der Waals surface area contributed by atoms with Gasteiger partial charge in [0.1, 0.15) is 29.1 Å². The van der Waals surface area contributed by atoms with Crippen molar-refractivity contribution >= 4 is 0 Å². The molecule has 1 aromatic rings. The van der Waals surface area contributed by atoms with Crippen LogP contribution in [0.5, 0.6) is 0 Å². The Bertz CT molecular complexity index is 724. The molecule has 0 unspecified atom stereocenters. The Kier molecular flexibility index (Phi) is 4.27. The lowest BCUT2D eigenvalue weighted by molar-refractivity contribution is -0.166. The molecule has 23 heavy (non-hydrogen) atoms. The van der Waals surface area contributed by atoms with E-state index in [4.69, 9.17) is 10.5 Å². The molecular weight excluding hydrogens is 350 g/mol. The lowest BCUT2D eigenvalue weighted by Gasteiger charge is -2.21. The van der Waals surface area contributed by atoms with Crippen molar-refractivity contribution in [2.24, 2.45) is 0 Å². The van der Waals surface area contributed by atoms with Gasteiger partial charge in [-0.25, -0.2) is 4.39 Å². The van der Waals surface area contributed by atoms with Gasteiger partial charge in [-0.15, -0.1) is 0 Å². The van der Waals surface area contributed by atoms with Crippen LogP contribution in [0.3, 0.4) is 0 Å². The zero-order valence-electron chi connectivity index (χ0n) is 10.2. The van der Waals surface area contributed by atoms with Gasteiger partial charge in [0.15, 0.2) is 0 Å². The Morgan fingerprint density at radius 3 is 1.13 bits per heavy atom. The van der Waals surface area contributed by atoms with Gasteiger partial charge in [0, 0.05) is 0 Å². The molecule has 0 heterocycles. The van der Waals surface area contributed by atoms with E-state index in [-0.39, 0.29) is 0 Å². The minimum atomic E-state index is -6.19. The molecule has 0 aromatic heterocycles. The molecule has 0 aliphatic rings. The molecule has 0 atom stereocenters. The van der Waals surface area contributed by atoms with Crippen molar-refractivity contribution in [3.05, 3.63) is 33.6 Å². The van der Waals surface area contributed by atoms with Crippen LogP contribution in [0, 0.1) is 28.5 Å². The van der Waals surface area contributed by atoms with Crippen LogP contribution < -0.4 is 0 Å². The van der Waals surface area contributed by atoms with Crippen LogP contribution in [0.15, 0.2) is 0 Å². The molecule has 124 valence electrons. The van der Waals surface area contributed by atoms with Crippen LogP contribution in [0.2, 0.25) is 0 Å². The maximum atomic E-state index is 13.6. The number of hydrogen-bond acceptors (Lipinski definition) is 2. The SMILES string of the molecule is N#Cc1c(C#N)c(C(F)(F)F)c(C(F)(F)F)c(F)c1C(F)(F)F. The summed E-state index contributed by atoms with van der Waals surface area (Å²) in [4.78, 5) is 0. The van der Waals surface area contributed by atoms with Crippen LogP contribution in [0.4, 0.5) is 43.9 Å². The standard InChI is InChI=1S/C11F10N2/c12-8-6(10(16,17)18)4(2-23)3(1-22)5(9(13,14)15)7(8)11(19,20)21. The molecule has 0 saturated heterocycles.